The van der Waals surface area contributed by atoms with E-state index in [1.807, 2.05) is 60.7 Å². The lowest BCUT2D eigenvalue weighted by Crippen LogP contribution is -2.16. The number of para-hydroxylation sites is 2. The molecule has 1 aromatic heterocycles. The fourth-order valence-corrected chi connectivity index (χ4v) is 3.05. The van der Waals surface area contributed by atoms with Crippen molar-refractivity contribution in [1.82, 2.24) is 4.98 Å². The van der Waals surface area contributed by atoms with Gasteiger partial charge in [-0.3, -0.25) is 10.4 Å². The summed E-state index contributed by atoms with van der Waals surface area (Å²) in [7, 11) is 0. The van der Waals surface area contributed by atoms with Gasteiger partial charge in [-0.25, -0.2) is 4.79 Å². The number of pyridine rings is 1. The van der Waals surface area contributed by atoms with E-state index in [2.05, 4.69) is 15.5 Å². The average molecular weight is 351 g/mol. The first kappa shape index (κ1) is 17.0. The van der Waals surface area contributed by atoms with Crippen LogP contribution in [-0.4, -0.2) is 22.6 Å². The summed E-state index contributed by atoms with van der Waals surface area (Å²) in [5.41, 5.74) is 4.52. The molecule has 126 valence electrons. The molecule has 1 heterocycles. The average Bonchev–Trinajstić information content (AvgIpc) is 2.66. The molecule has 0 bridgehead atoms. The topological polar surface area (TPSA) is 63.6 Å². The number of rotatable bonds is 4. The number of nitrogens with zero attached hydrogens (tertiary/aromatic N) is 2. The Morgan fingerprint density at radius 1 is 1.12 bits per heavy atom. The Morgan fingerprint density at radius 2 is 1.92 bits per heavy atom. The first-order chi connectivity index (χ1) is 12.3. The highest BCUT2D eigenvalue weighted by molar-refractivity contribution is 8.15. The minimum Gasteiger partial charge on any atom is -0.461 e. The molecular formula is C19H17N3O2S. The number of nitrogens with one attached hydrogen (secondary N) is 1. The number of aromatic nitrogens is 1. The summed E-state index contributed by atoms with van der Waals surface area (Å²) in [5.74, 6) is -0.469. The Hall–Kier alpha value is -2.86. The number of anilines is 1. The van der Waals surface area contributed by atoms with Gasteiger partial charge in [-0.05, 0) is 31.2 Å². The van der Waals surface area contributed by atoms with Crippen molar-refractivity contribution in [2.75, 3.05) is 12.0 Å². The highest BCUT2D eigenvalue weighted by Crippen LogP contribution is 2.27. The normalized spacial score (nSPS) is 11.3. The lowest BCUT2D eigenvalue weighted by atomic mass is 10.2. The van der Waals surface area contributed by atoms with Gasteiger partial charge in [-0.15, -0.1) is 0 Å². The number of carbonyl (C=O) groups excluding carboxylic acids is 1. The second kappa shape index (κ2) is 8.30. The molecule has 0 unspecified atom stereocenters. The molecule has 0 amide bonds. The molecule has 6 heteroatoms. The van der Waals surface area contributed by atoms with Crippen LogP contribution >= 0.6 is 11.8 Å². The van der Waals surface area contributed by atoms with Crippen molar-refractivity contribution in [2.45, 2.75) is 11.8 Å². The molecule has 0 aliphatic heterocycles. The van der Waals surface area contributed by atoms with Gasteiger partial charge in [0.2, 0.25) is 5.04 Å². The van der Waals surface area contributed by atoms with Gasteiger partial charge in [-0.1, -0.05) is 48.2 Å². The van der Waals surface area contributed by atoms with Gasteiger partial charge in [-0.2, -0.15) is 5.10 Å². The summed E-state index contributed by atoms with van der Waals surface area (Å²) in [6.07, 6.45) is 1.73. The number of thioether (sulfide) groups is 1. The third-order valence-electron chi connectivity index (χ3n) is 3.31. The van der Waals surface area contributed by atoms with Crippen LogP contribution in [0.2, 0.25) is 0 Å². The van der Waals surface area contributed by atoms with Crippen molar-refractivity contribution in [3.63, 3.8) is 0 Å². The van der Waals surface area contributed by atoms with Crippen LogP contribution in [0.15, 0.2) is 76.9 Å². The lowest BCUT2D eigenvalue weighted by molar-refractivity contribution is -0.134. The third-order valence-corrected chi connectivity index (χ3v) is 4.31. The fourth-order valence-electron chi connectivity index (χ4n) is 2.19. The van der Waals surface area contributed by atoms with E-state index in [0.717, 1.165) is 21.5 Å². The second-order valence-electron chi connectivity index (χ2n) is 5.05. The van der Waals surface area contributed by atoms with Crippen molar-refractivity contribution in [3.8, 4) is 0 Å². The predicted octanol–water partition coefficient (Wildman–Crippen LogP) is 4.32. The monoisotopic (exact) mass is 351 g/mol. The van der Waals surface area contributed by atoms with E-state index in [0.29, 0.717) is 0 Å². The molecule has 3 aromatic rings. The Labute approximate surface area is 150 Å². The highest BCUT2D eigenvalue weighted by Gasteiger charge is 2.17. The number of hydrogen-bond donors (Lipinski definition) is 1. The lowest BCUT2D eigenvalue weighted by Gasteiger charge is -2.08. The largest absolute Gasteiger partial charge is 0.461 e. The predicted molar refractivity (Wildman–Crippen MR) is 102 cm³/mol. The SMILES string of the molecule is CCOC(=O)C(=NNc1ccccc1)Sc1cccc2cccnc12. The molecular weight excluding hydrogens is 334 g/mol. The van der Waals surface area contributed by atoms with Gasteiger partial charge in [0.15, 0.2) is 0 Å². The molecule has 1 N–H and O–H groups in total. The van der Waals surface area contributed by atoms with Crippen molar-refractivity contribution >= 4 is 39.4 Å². The molecule has 5 nitrogen and oxygen atoms in total. The smallest absolute Gasteiger partial charge is 0.365 e. The molecule has 2 aromatic carbocycles. The Balaban J connectivity index is 1.90. The summed E-state index contributed by atoms with van der Waals surface area (Å²) < 4.78 is 5.13. The molecule has 0 fully saturated rings. The van der Waals surface area contributed by atoms with Crippen molar-refractivity contribution in [1.29, 1.82) is 0 Å². The van der Waals surface area contributed by atoms with Gasteiger partial charge >= 0.3 is 5.97 Å². The number of ether oxygens (including phenoxy) is 1. The highest BCUT2D eigenvalue weighted by atomic mass is 32.2. The van der Waals surface area contributed by atoms with Crippen molar-refractivity contribution in [2.24, 2.45) is 5.10 Å². The Bertz CT molecular complexity index is 892. The van der Waals surface area contributed by atoms with Gasteiger partial charge in [0.1, 0.15) is 0 Å². The van der Waals surface area contributed by atoms with Crippen LogP contribution in [0.5, 0.6) is 0 Å². The number of benzene rings is 2. The third kappa shape index (κ3) is 4.36. The van der Waals surface area contributed by atoms with E-state index in [1.54, 1.807) is 13.1 Å². The second-order valence-corrected chi connectivity index (χ2v) is 6.08. The summed E-state index contributed by atoms with van der Waals surface area (Å²) in [4.78, 5) is 17.5. The number of hydrazone groups is 1. The Kier molecular flexibility index (Phi) is 5.64. The molecule has 0 spiro atoms. The maximum Gasteiger partial charge on any atom is 0.365 e. The van der Waals surface area contributed by atoms with Crippen LogP contribution in [-0.2, 0) is 9.53 Å². The zero-order valence-corrected chi connectivity index (χ0v) is 14.5. The van der Waals surface area contributed by atoms with Gasteiger partial charge in [0, 0.05) is 16.5 Å². The molecule has 0 atom stereocenters. The summed E-state index contributed by atoms with van der Waals surface area (Å²) in [5, 5.41) is 5.47. The van der Waals surface area contributed by atoms with Crippen LogP contribution < -0.4 is 5.43 Å². The molecule has 0 saturated heterocycles. The van der Waals surface area contributed by atoms with Crippen molar-refractivity contribution in [3.05, 3.63) is 66.9 Å². The van der Waals surface area contributed by atoms with Crippen molar-refractivity contribution < 1.29 is 9.53 Å². The van der Waals surface area contributed by atoms with E-state index < -0.39 is 5.97 Å². The number of hydrogen-bond acceptors (Lipinski definition) is 6. The summed E-state index contributed by atoms with van der Waals surface area (Å²) in [6.45, 7) is 2.06. The standard InChI is InChI=1S/C19H17N3O2S/c1-2-24-19(23)18(22-21-15-10-4-3-5-11-15)25-16-12-6-8-14-9-7-13-20-17(14)16/h3-13,21H,2H2,1H3. The van der Waals surface area contributed by atoms with Crippen LogP contribution in [0, 0.1) is 0 Å². The van der Waals surface area contributed by atoms with E-state index in [9.17, 15) is 4.79 Å². The number of esters is 1. The molecule has 0 radical (unpaired) electrons. The minimum atomic E-state index is -0.469. The zero-order chi connectivity index (χ0) is 17.5. The Morgan fingerprint density at radius 3 is 2.72 bits per heavy atom. The molecule has 25 heavy (non-hydrogen) atoms. The van der Waals surface area contributed by atoms with E-state index in [-0.39, 0.29) is 11.7 Å². The minimum absolute atomic E-state index is 0.226. The first-order valence-electron chi connectivity index (χ1n) is 7.85. The van der Waals surface area contributed by atoms with Gasteiger partial charge in [0.25, 0.3) is 0 Å². The number of carbonyl (C=O) groups is 1. The van der Waals surface area contributed by atoms with E-state index >= 15 is 0 Å². The molecule has 0 saturated carbocycles. The fraction of sp³-hybridized carbons (Fsp3) is 0.105. The maximum atomic E-state index is 12.3. The maximum absolute atomic E-state index is 12.3. The quantitative estimate of drug-likeness (QED) is 0.249. The summed E-state index contributed by atoms with van der Waals surface area (Å²) in [6, 6.07) is 19.1. The van der Waals surface area contributed by atoms with Gasteiger partial charge < -0.3 is 4.74 Å². The molecule has 3 rings (SSSR count). The van der Waals surface area contributed by atoms with Crippen LogP contribution in [0.1, 0.15) is 6.92 Å². The molecule has 0 aliphatic rings. The zero-order valence-electron chi connectivity index (χ0n) is 13.7. The molecule has 0 aliphatic carbocycles. The van der Waals surface area contributed by atoms with E-state index in [4.69, 9.17) is 4.74 Å². The first-order valence-corrected chi connectivity index (χ1v) is 8.67. The van der Waals surface area contributed by atoms with Crippen LogP contribution in [0.4, 0.5) is 5.69 Å². The van der Waals surface area contributed by atoms with Gasteiger partial charge in [0.05, 0.1) is 17.8 Å². The van der Waals surface area contributed by atoms with E-state index in [1.165, 1.54) is 11.8 Å². The van der Waals surface area contributed by atoms with Crippen LogP contribution in [0.3, 0.4) is 0 Å². The van der Waals surface area contributed by atoms with Crippen LogP contribution in [0.25, 0.3) is 10.9 Å². The summed E-state index contributed by atoms with van der Waals surface area (Å²) >= 11 is 1.24. The number of fused-ring (bicyclic) bond motifs is 1.